The van der Waals surface area contributed by atoms with E-state index in [9.17, 15) is 29.7 Å². The lowest BCUT2D eigenvalue weighted by Crippen LogP contribution is -2.78. The van der Waals surface area contributed by atoms with Gasteiger partial charge < -0.3 is 21.1 Å². The van der Waals surface area contributed by atoms with Crippen LogP contribution < -0.4 is 5.73 Å². The van der Waals surface area contributed by atoms with Crippen molar-refractivity contribution in [2.75, 3.05) is 11.5 Å². The second-order valence-corrected chi connectivity index (χ2v) is 8.38. The van der Waals surface area contributed by atoms with E-state index in [2.05, 4.69) is 15.1 Å². The van der Waals surface area contributed by atoms with Gasteiger partial charge in [0.2, 0.25) is 0 Å². The van der Waals surface area contributed by atoms with Crippen molar-refractivity contribution in [3.63, 3.8) is 0 Å². The predicted octanol–water partition coefficient (Wildman–Crippen LogP) is -1.01. The third kappa shape index (κ3) is 3.04. The molecular formula is C15H14N6O6S2. The number of aliphatic hydroxyl groups is 1. The first-order valence-corrected chi connectivity index (χ1v) is 10.2. The number of rotatable bonds is 6. The van der Waals surface area contributed by atoms with Crippen LogP contribution in [0.2, 0.25) is 0 Å². The molecule has 4 heterocycles. The number of carbonyl (C=O) groups is 3. The Bertz CT molecular complexity index is 1090. The van der Waals surface area contributed by atoms with E-state index >= 15 is 0 Å². The molecule has 2 aliphatic heterocycles. The Morgan fingerprint density at radius 2 is 2.10 bits per heavy atom. The molecule has 5 N–H and O–H groups in total. The molecule has 4 rings (SSSR count). The van der Waals surface area contributed by atoms with E-state index in [1.165, 1.54) is 33.3 Å². The number of amides is 1. The smallest absolute Gasteiger partial charge is 0.354 e. The highest BCUT2D eigenvalue weighted by atomic mass is 32.2. The van der Waals surface area contributed by atoms with Gasteiger partial charge in [-0.25, -0.2) is 14.6 Å². The minimum Gasteiger partial charge on any atom is -0.477 e. The minimum atomic E-state index is -1.33. The molecule has 0 saturated carbocycles. The Labute approximate surface area is 170 Å². The van der Waals surface area contributed by atoms with Gasteiger partial charge in [0.1, 0.15) is 28.2 Å². The van der Waals surface area contributed by atoms with Crippen LogP contribution in [0.1, 0.15) is 16.3 Å². The van der Waals surface area contributed by atoms with Gasteiger partial charge in [-0.2, -0.15) is 9.50 Å². The molecule has 152 valence electrons. The maximum Gasteiger partial charge on any atom is 0.354 e. The average molecular weight is 438 g/mol. The third-order valence-electron chi connectivity index (χ3n) is 4.44. The number of hydrogen-bond donors (Lipinski definition) is 4. The number of aromatic nitrogens is 4. The maximum absolute atomic E-state index is 12.6. The van der Waals surface area contributed by atoms with E-state index in [0.29, 0.717) is 10.8 Å². The van der Waals surface area contributed by atoms with Crippen molar-refractivity contribution in [3.05, 3.63) is 29.4 Å². The molecule has 0 spiro atoms. The van der Waals surface area contributed by atoms with E-state index in [1.54, 1.807) is 0 Å². The van der Waals surface area contributed by atoms with Crippen LogP contribution in [0.3, 0.4) is 0 Å². The Morgan fingerprint density at radius 1 is 1.34 bits per heavy atom. The van der Waals surface area contributed by atoms with Gasteiger partial charge in [0.15, 0.2) is 11.5 Å². The maximum atomic E-state index is 12.6. The van der Waals surface area contributed by atoms with E-state index in [-0.39, 0.29) is 28.7 Å². The molecule has 2 aliphatic rings. The van der Waals surface area contributed by atoms with Gasteiger partial charge in [-0.3, -0.25) is 9.69 Å². The van der Waals surface area contributed by atoms with Crippen molar-refractivity contribution in [1.29, 1.82) is 0 Å². The molecule has 2 aromatic rings. The highest BCUT2D eigenvalue weighted by Gasteiger charge is 2.61. The van der Waals surface area contributed by atoms with Gasteiger partial charge >= 0.3 is 11.9 Å². The number of aromatic carboxylic acids is 1. The molecule has 0 aromatic carbocycles. The third-order valence-corrected chi connectivity index (χ3v) is 6.96. The van der Waals surface area contributed by atoms with Crippen LogP contribution in [0.4, 0.5) is 0 Å². The molecule has 1 fully saturated rings. The summed E-state index contributed by atoms with van der Waals surface area (Å²) >= 11 is 2.43. The molecule has 12 nitrogen and oxygen atoms in total. The SMILES string of the molecule is NC1(CSc2cc(C(=O)O)nc3nc(CO)nn23)C(=O)N2C(C(=O)O)=CCS[C@H]21. The fourth-order valence-corrected chi connectivity index (χ4v) is 5.55. The van der Waals surface area contributed by atoms with E-state index in [0.717, 1.165) is 11.8 Å². The van der Waals surface area contributed by atoms with E-state index < -0.39 is 35.4 Å². The van der Waals surface area contributed by atoms with Crippen LogP contribution >= 0.6 is 23.5 Å². The average Bonchev–Trinajstić information content (AvgIpc) is 3.14. The Balaban J connectivity index is 1.62. The molecule has 29 heavy (non-hydrogen) atoms. The number of nitrogens with zero attached hydrogens (tertiary/aromatic N) is 5. The highest BCUT2D eigenvalue weighted by Crippen LogP contribution is 2.45. The minimum absolute atomic E-state index is 0.00720. The molecule has 2 atom stereocenters. The lowest BCUT2D eigenvalue weighted by molar-refractivity contribution is -0.153. The molecule has 0 bridgehead atoms. The summed E-state index contributed by atoms with van der Waals surface area (Å²) in [5, 5.41) is 31.6. The zero-order chi connectivity index (χ0) is 20.9. The van der Waals surface area contributed by atoms with Gasteiger partial charge in [0, 0.05) is 17.6 Å². The molecule has 1 unspecified atom stereocenters. The molecule has 1 saturated heterocycles. The van der Waals surface area contributed by atoms with Crippen molar-refractivity contribution in [1.82, 2.24) is 24.5 Å². The first kappa shape index (κ1) is 19.6. The van der Waals surface area contributed by atoms with Crippen LogP contribution in [0, 0.1) is 0 Å². The summed E-state index contributed by atoms with van der Waals surface area (Å²) in [6.07, 6.45) is 1.46. The number of hydrogen-bond acceptors (Lipinski definition) is 10. The summed E-state index contributed by atoms with van der Waals surface area (Å²) in [7, 11) is 0. The van der Waals surface area contributed by atoms with Crippen LogP contribution in [0.25, 0.3) is 5.78 Å². The topological polar surface area (TPSA) is 184 Å². The molecule has 1 amide bonds. The summed E-state index contributed by atoms with van der Waals surface area (Å²) in [4.78, 5) is 44.3. The fraction of sp³-hybridized carbons (Fsp3) is 0.333. The molecule has 0 radical (unpaired) electrons. The van der Waals surface area contributed by atoms with Crippen LogP contribution in [-0.2, 0) is 16.2 Å². The number of carboxylic acids is 2. The summed E-state index contributed by atoms with van der Waals surface area (Å²) in [5.74, 6) is -2.46. The quantitative estimate of drug-likeness (QED) is 0.245. The van der Waals surface area contributed by atoms with Crippen molar-refractivity contribution in [2.24, 2.45) is 5.73 Å². The standard InChI is InChI=1S/C15H14N6O6S2/c16-15(12(27)20-7(11(25)26)1-2-28-13(15)20)5-29-9-3-6(10(23)24)17-14-18-8(4-22)19-21(9)14/h1,3,13,22H,2,4-5,16H2,(H,23,24)(H,25,26)/t13-,15?/m0/s1. The first-order chi connectivity index (χ1) is 13.8. The van der Waals surface area contributed by atoms with Gasteiger partial charge in [-0.1, -0.05) is 0 Å². The second kappa shape index (κ2) is 6.98. The van der Waals surface area contributed by atoms with Crippen molar-refractivity contribution in [2.45, 2.75) is 22.5 Å². The van der Waals surface area contributed by atoms with Crippen molar-refractivity contribution in [3.8, 4) is 0 Å². The number of aliphatic hydroxyl groups excluding tert-OH is 1. The largest absolute Gasteiger partial charge is 0.477 e. The van der Waals surface area contributed by atoms with Crippen LogP contribution in [0.15, 0.2) is 22.9 Å². The summed E-state index contributed by atoms with van der Waals surface area (Å²) in [6, 6.07) is 1.27. The highest BCUT2D eigenvalue weighted by molar-refractivity contribution is 8.01. The van der Waals surface area contributed by atoms with Crippen LogP contribution in [0.5, 0.6) is 0 Å². The van der Waals surface area contributed by atoms with Crippen LogP contribution in [-0.4, -0.2) is 80.1 Å². The number of fused-ring (bicyclic) bond motifs is 2. The van der Waals surface area contributed by atoms with E-state index in [1.807, 2.05) is 0 Å². The number of carbonyl (C=O) groups excluding carboxylic acids is 1. The zero-order valence-corrected chi connectivity index (χ0v) is 16.2. The molecule has 14 heteroatoms. The Morgan fingerprint density at radius 3 is 2.76 bits per heavy atom. The van der Waals surface area contributed by atoms with Gasteiger partial charge in [0.25, 0.3) is 11.7 Å². The normalized spacial score (nSPS) is 23.5. The molecule has 2 aromatic heterocycles. The molecular weight excluding hydrogens is 424 g/mol. The Hall–Kier alpha value is -2.68. The summed E-state index contributed by atoms with van der Waals surface area (Å²) < 4.78 is 1.27. The predicted molar refractivity (Wildman–Crippen MR) is 100 cm³/mol. The van der Waals surface area contributed by atoms with E-state index in [4.69, 9.17) is 5.73 Å². The van der Waals surface area contributed by atoms with Gasteiger partial charge in [0.05, 0.1) is 0 Å². The zero-order valence-electron chi connectivity index (χ0n) is 14.5. The number of thioether (sulfide) groups is 2. The second-order valence-electron chi connectivity index (χ2n) is 6.27. The van der Waals surface area contributed by atoms with Gasteiger partial charge in [-0.15, -0.1) is 28.6 Å². The molecule has 0 aliphatic carbocycles. The van der Waals surface area contributed by atoms with Gasteiger partial charge in [-0.05, 0) is 6.08 Å². The van der Waals surface area contributed by atoms with Crippen molar-refractivity contribution < 1.29 is 29.7 Å². The first-order valence-electron chi connectivity index (χ1n) is 8.17. The number of nitrogens with two attached hydrogens (primary N) is 1. The van der Waals surface area contributed by atoms with Crippen molar-refractivity contribution >= 4 is 47.1 Å². The number of aliphatic carboxylic acids is 1. The monoisotopic (exact) mass is 438 g/mol. The number of β-lactam (4-membered cyclic amide) rings is 1. The fourth-order valence-electron chi connectivity index (χ4n) is 3.06. The Kier molecular flexibility index (Phi) is 4.72. The lowest BCUT2D eigenvalue weighted by atomic mass is 9.90. The summed E-state index contributed by atoms with van der Waals surface area (Å²) in [6.45, 7) is -0.451. The number of carboxylic acid groups (broad SMARTS) is 2. The summed E-state index contributed by atoms with van der Waals surface area (Å²) in [5.41, 5.74) is 4.62. The lowest BCUT2D eigenvalue weighted by Gasteiger charge is -2.54.